The minimum absolute atomic E-state index is 0.00625. The lowest BCUT2D eigenvalue weighted by molar-refractivity contribution is 0.0592. The molecule has 66 valence electrons. The third-order valence-electron chi connectivity index (χ3n) is 1.36. The number of hydrogen-bond acceptors (Lipinski definition) is 4. The van der Waals surface area contributed by atoms with Crippen LogP contribution in [0.3, 0.4) is 0 Å². The van der Waals surface area contributed by atoms with Crippen molar-refractivity contribution in [1.29, 1.82) is 5.26 Å². The molecule has 0 aromatic carbocycles. The number of carbonyl (C=O) groups is 1. The van der Waals surface area contributed by atoms with Crippen molar-refractivity contribution < 1.29 is 13.9 Å². The molecule has 4 nitrogen and oxygen atoms in total. The van der Waals surface area contributed by atoms with E-state index in [1.165, 1.54) is 6.07 Å². The van der Waals surface area contributed by atoms with Gasteiger partial charge in [-0.2, -0.15) is 9.65 Å². The maximum Gasteiger partial charge on any atom is 0.358 e. The second-order valence-corrected chi connectivity index (χ2v) is 2.13. The molecule has 0 aliphatic carbocycles. The molecule has 0 bridgehead atoms. The number of nitriles is 1. The van der Waals surface area contributed by atoms with Gasteiger partial charge >= 0.3 is 5.97 Å². The summed E-state index contributed by atoms with van der Waals surface area (Å²) >= 11 is 0. The third kappa shape index (κ3) is 1.79. The largest absolute Gasteiger partial charge is 0.464 e. The molecule has 13 heavy (non-hydrogen) atoms. The summed E-state index contributed by atoms with van der Waals surface area (Å²) in [6.07, 6.45) is 0. The van der Waals surface area contributed by atoms with Gasteiger partial charge in [-0.25, -0.2) is 9.78 Å². The van der Waals surface area contributed by atoms with Crippen LogP contribution in [0, 0.1) is 17.3 Å². The molecule has 0 spiro atoms. The molecule has 0 atom stereocenters. The lowest BCUT2D eigenvalue weighted by atomic mass is 10.2. The number of carbonyl (C=O) groups excluding carboxylic acids is 1. The van der Waals surface area contributed by atoms with Crippen LogP contribution in [0.5, 0.6) is 0 Å². The van der Waals surface area contributed by atoms with Crippen molar-refractivity contribution in [3.05, 3.63) is 29.3 Å². The Morgan fingerprint density at radius 1 is 1.69 bits per heavy atom. The Morgan fingerprint density at radius 2 is 2.38 bits per heavy atom. The zero-order chi connectivity index (χ0) is 9.84. The molecule has 0 amide bonds. The third-order valence-corrected chi connectivity index (χ3v) is 1.36. The van der Waals surface area contributed by atoms with E-state index in [0.717, 1.165) is 13.2 Å². The zero-order valence-electron chi connectivity index (χ0n) is 6.74. The quantitative estimate of drug-likeness (QED) is 0.475. The molecule has 0 radical (unpaired) electrons. The van der Waals surface area contributed by atoms with Gasteiger partial charge in [0.2, 0.25) is 5.95 Å². The van der Waals surface area contributed by atoms with Gasteiger partial charge in [-0.1, -0.05) is 0 Å². The van der Waals surface area contributed by atoms with E-state index in [2.05, 4.69) is 9.72 Å². The molecule has 0 saturated carbocycles. The van der Waals surface area contributed by atoms with E-state index >= 15 is 0 Å². The summed E-state index contributed by atoms with van der Waals surface area (Å²) in [5, 5.41) is 8.53. The summed E-state index contributed by atoms with van der Waals surface area (Å²) in [6, 6.07) is 3.89. The smallest absolute Gasteiger partial charge is 0.358 e. The molecule has 0 saturated heterocycles. The Hall–Kier alpha value is -1.96. The zero-order valence-corrected chi connectivity index (χ0v) is 6.74. The van der Waals surface area contributed by atoms with E-state index < -0.39 is 11.9 Å². The van der Waals surface area contributed by atoms with Crippen LogP contribution < -0.4 is 0 Å². The van der Waals surface area contributed by atoms with Gasteiger partial charge in [0.25, 0.3) is 0 Å². The van der Waals surface area contributed by atoms with Gasteiger partial charge in [0, 0.05) is 0 Å². The first kappa shape index (κ1) is 9.13. The van der Waals surface area contributed by atoms with Crippen LogP contribution in [0.2, 0.25) is 0 Å². The Balaban J connectivity index is 3.25. The molecule has 0 N–H and O–H groups in total. The van der Waals surface area contributed by atoms with E-state index in [1.807, 2.05) is 0 Å². The molecule has 0 aliphatic rings. The van der Waals surface area contributed by atoms with E-state index in [-0.39, 0.29) is 11.3 Å². The van der Waals surface area contributed by atoms with Gasteiger partial charge in [-0.3, -0.25) is 0 Å². The van der Waals surface area contributed by atoms with Gasteiger partial charge in [0.15, 0.2) is 5.69 Å². The number of esters is 1. The van der Waals surface area contributed by atoms with Crippen molar-refractivity contribution in [2.45, 2.75) is 0 Å². The highest BCUT2D eigenvalue weighted by molar-refractivity contribution is 5.89. The predicted molar refractivity (Wildman–Crippen MR) is 40.2 cm³/mol. The lowest BCUT2D eigenvalue weighted by Crippen LogP contribution is -2.08. The number of halogens is 1. The van der Waals surface area contributed by atoms with Gasteiger partial charge in [0.05, 0.1) is 12.7 Å². The average molecular weight is 180 g/mol. The van der Waals surface area contributed by atoms with E-state index in [9.17, 15) is 9.18 Å². The topological polar surface area (TPSA) is 63.0 Å². The summed E-state index contributed by atoms with van der Waals surface area (Å²) in [5.41, 5.74) is -0.307. The van der Waals surface area contributed by atoms with Crippen molar-refractivity contribution in [2.75, 3.05) is 7.11 Å². The fourth-order valence-electron chi connectivity index (χ4n) is 0.778. The average Bonchev–Trinajstić information content (AvgIpc) is 2.16. The minimum Gasteiger partial charge on any atom is -0.464 e. The van der Waals surface area contributed by atoms with E-state index in [0.29, 0.717) is 0 Å². The number of methoxy groups -OCH3 is 1. The number of pyridine rings is 1. The van der Waals surface area contributed by atoms with Crippen LogP contribution in [-0.2, 0) is 4.74 Å². The van der Waals surface area contributed by atoms with Crippen LogP contribution >= 0.6 is 0 Å². The SMILES string of the molecule is COC(=O)c1nc(F)ccc1C#N. The molecule has 1 aromatic rings. The first-order chi connectivity index (χ1) is 6.19. The number of ether oxygens (including phenoxy) is 1. The fourth-order valence-corrected chi connectivity index (χ4v) is 0.778. The Kier molecular flexibility index (Phi) is 2.55. The van der Waals surface area contributed by atoms with Gasteiger partial charge in [-0.05, 0) is 12.1 Å². The predicted octanol–water partition coefficient (Wildman–Crippen LogP) is 0.879. The van der Waals surface area contributed by atoms with E-state index in [4.69, 9.17) is 5.26 Å². The summed E-state index contributed by atoms with van der Waals surface area (Å²) < 4.78 is 16.9. The summed E-state index contributed by atoms with van der Waals surface area (Å²) in [7, 11) is 1.13. The molecule has 1 heterocycles. The van der Waals surface area contributed by atoms with Gasteiger partial charge in [0.1, 0.15) is 6.07 Å². The first-order valence-corrected chi connectivity index (χ1v) is 3.34. The van der Waals surface area contributed by atoms with Crippen molar-refractivity contribution >= 4 is 5.97 Å². The molecule has 1 aromatic heterocycles. The number of rotatable bonds is 1. The molecule has 0 aliphatic heterocycles. The molecule has 5 heteroatoms. The first-order valence-electron chi connectivity index (χ1n) is 3.34. The molecular weight excluding hydrogens is 175 g/mol. The maximum absolute atomic E-state index is 12.6. The second kappa shape index (κ2) is 3.63. The number of aromatic nitrogens is 1. The van der Waals surface area contributed by atoms with Crippen LogP contribution in [0.1, 0.15) is 16.1 Å². The van der Waals surface area contributed by atoms with Crippen LogP contribution in [0.15, 0.2) is 12.1 Å². The lowest BCUT2D eigenvalue weighted by Gasteiger charge is -1.99. The van der Waals surface area contributed by atoms with Gasteiger partial charge < -0.3 is 4.74 Å². The summed E-state index contributed by atoms with van der Waals surface area (Å²) in [5.74, 6) is -1.64. The maximum atomic E-state index is 12.6. The highest BCUT2D eigenvalue weighted by Crippen LogP contribution is 2.06. The monoisotopic (exact) mass is 180 g/mol. The molecular formula is C8H5FN2O2. The standard InChI is InChI=1S/C8H5FN2O2/c1-13-8(12)7-5(4-10)2-3-6(9)11-7/h2-3H,1H3. The van der Waals surface area contributed by atoms with E-state index in [1.54, 1.807) is 6.07 Å². The summed E-state index contributed by atoms with van der Waals surface area (Å²) in [6.45, 7) is 0. The second-order valence-electron chi connectivity index (χ2n) is 2.13. The van der Waals surface area contributed by atoms with Crippen LogP contribution in [0.25, 0.3) is 0 Å². The highest BCUT2D eigenvalue weighted by Gasteiger charge is 2.14. The minimum atomic E-state index is -0.823. The molecule has 0 unspecified atom stereocenters. The summed E-state index contributed by atoms with van der Waals surface area (Å²) in [4.78, 5) is 14.2. The number of hydrogen-bond donors (Lipinski definition) is 0. The Morgan fingerprint density at radius 3 is 2.92 bits per heavy atom. The van der Waals surface area contributed by atoms with Crippen LogP contribution in [-0.4, -0.2) is 18.1 Å². The Labute approximate surface area is 73.6 Å². The van der Waals surface area contributed by atoms with Crippen LogP contribution in [0.4, 0.5) is 4.39 Å². The van der Waals surface area contributed by atoms with Crippen molar-refractivity contribution in [2.24, 2.45) is 0 Å². The van der Waals surface area contributed by atoms with Crippen molar-refractivity contribution in [3.8, 4) is 6.07 Å². The number of nitrogens with zero attached hydrogens (tertiary/aromatic N) is 2. The van der Waals surface area contributed by atoms with Crippen molar-refractivity contribution in [3.63, 3.8) is 0 Å². The van der Waals surface area contributed by atoms with Crippen molar-refractivity contribution in [1.82, 2.24) is 4.98 Å². The molecule has 1 rings (SSSR count). The molecule has 0 fully saturated rings. The van der Waals surface area contributed by atoms with Gasteiger partial charge in [-0.15, -0.1) is 0 Å². The fraction of sp³-hybridized carbons (Fsp3) is 0.125. The normalized spacial score (nSPS) is 9.00. The Bertz CT molecular complexity index is 384. The highest BCUT2D eigenvalue weighted by atomic mass is 19.1.